The van der Waals surface area contributed by atoms with Crippen molar-refractivity contribution in [3.8, 4) is 0 Å². The highest BCUT2D eigenvalue weighted by Gasteiger charge is 2.45. The Morgan fingerprint density at radius 3 is 2.21 bits per heavy atom. The van der Waals surface area contributed by atoms with E-state index in [-0.39, 0.29) is 34.5 Å². The maximum atomic E-state index is 11.7. The van der Waals surface area contributed by atoms with Crippen LogP contribution in [0.4, 0.5) is 11.4 Å². The fraction of sp³-hybridized carbons (Fsp3) is 0.364. The summed E-state index contributed by atoms with van der Waals surface area (Å²) in [5.41, 5.74) is 1.52. The zero-order valence-corrected chi connectivity index (χ0v) is 16.4. The van der Waals surface area contributed by atoms with Gasteiger partial charge in [-0.05, 0) is 17.5 Å². The average Bonchev–Trinajstić information content (AvgIpc) is 2.62. The molecule has 0 saturated heterocycles. The molecule has 0 saturated carbocycles. The molecule has 0 bridgehead atoms. The fourth-order valence-electron chi connectivity index (χ4n) is 4.30. The summed E-state index contributed by atoms with van der Waals surface area (Å²) in [6, 6.07) is 11.3. The molecule has 28 heavy (non-hydrogen) atoms. The molecule has 6 heteroatoms. The van der Waals surface area contributed by atoms with Gasteiger partial charge >= 0.3 is 0 Å². The summed E-state index contributed by atoms with van der Waals surface area (Å²) in [5, 5.41) is 30.0. The number of carbonyl (C=O) groups is 2. The van der Waals surface area contributed by atoms with E-state index < -0.39 is 11.9 Å². The molecule has 0 spiro atoms. The third-order valence-corrected chi connectivity index (χ3v) is 5.59. The van der Waals surface area contributed by atoms with Crippen molar-refractivity contribution >= 4 is 23.3 Å². The maximum absolute atomic E-state index is 11.7. The molecule has 6 nitrogen and oxygen atoms in total. The smallest absolute Gasteiger partial charge is 0.0736 e. The summed E-state index contributed by atoms with van der Waals surface area (Å²) in [5.74, 6) is -2.31. The monoisotopic (exact) mass is 380 g/mol. The first-order valence-electron chi connectivity index (χ1n) is 9.32. The van der Waals surface area contributed by atoms with E-state index in [9.17, 15) is 19.8 Å². The van der Waals surface area contributed by atoms with E-state index in [1.165, 1.54) is 12.1 Å². The molecule has 0 radical (unpaired) electrons. The van der Waals surface area contributed by atoms with E-state index >= 15 is 0 Å². The van der Waals surface area contributed by atoms with Crippen LogP contribution in [0.15, 0.2) is 42.5 Å². The minimum absolute atomic E-state index is 0.0480. The van der Waals surface area contributed by atoms with Crippen molar-refractivity contribution in [1.29, 1.82) is 0 Å². The van der Waals surface area contributed by atoms with Gasteiger partial charge in [0.15, 0.2) is 0 Å². The largest absolute Gasteiger partial charge is 0.545 e. The van der Waals surface area contributed by atoms with Crippen molar-refractivity contribution in [3.05, 3.63) is 59.2 Å². The highest BCUT2D eigenvalue weighted by Crippen LogP contribution is 2.49. The van der Waals surface area contributed by atoms with E-state index in [2.05, 4.69) is 38.3 Å². The summed E-state index contributed by atoms with van der Waals surface area (Å²) < 4.78 is 0. The zero-order valence-electron chi connectivity index (χ0n) is 16.4. The number of aromatic carboxylic acids is 2. The number of benzene rings is 2. The van der Waals surface area contributed by atoms with Crippen molar-refractivity contribution < 1.29 is 19.8 Å². The number of hydrogen-bond donors (Lipinski definition) is 2. The minimum atomic E-state index is -1.26. The lowest BCUT2D eigenvalue weighted by Gasteiger charge is -2.50. The van der Waals surface area contributed by atoms with Crippen LogP contribution in [0.1, 0.15) is 60.0 Å². The Labute approximate surface area is 164 Å². The van der Waals surface area contributed by atoms with Gasteiger partial charge in [-0.3, -0.25) is 0 Å². The van der Waals surface area contributed by atoms with Gasteiger partial charge in [0.1, 0.15) is 0 Å². The van der Waals surface area contributed by atoms with Crippen molar-refractivity contribution in [2.75, 3.05) is 10.6 Å². The average molecular weight is 380 g/mol. The summed E-state index contributed by atoms with van der Waals surface area (Å²) in [6.45, 7) is 8.30. The second-order valence-corrected chi connectivity index (χ2v) is 8.16. The molecule has 0 amide bonds. The van der Waals surface area contributed by atoms with E-state index in [4.69, 9.17) is 0 Å². The highest BCUT2D eigenvalue weighted by molar-refractivity contribution is 5.95. The molecule has 2 aromatic rings. The number of nitrogens with one attached hydrogen (secondary N) is 2. The normalized spacial score (nSPS) is 20.2. The predicted molar refractivity (Wildman–Crippen MR) is 104 cm³/mol. The minimum Gasteiger partial charge on any atom is -0.545 e. The SMILES string of the molecule is CC(C)[C@H]1Nc2c(C(=O)[O-])cccc2[C@H](Nc2ccccc2C(=O)[O-])C1(C)C. The second kappa shape index (κ2) is 7.19. The lowest BCUT2D eigenvalue weighted by Crippen LogP contribution is -2.50. The van der Waals surface area contributed by atoms with Crippen molar-refractivity contribution in [1.82, 2.24) is 0 Å². The molecule has 0 aromatic heterocycles. The van der Waals surface area contributed by atoms with Gasteiger partial charge in [0.2, 0.25) is 0 Å². The summed E-state index contributed by atoms with van der Waals surface area (Å²) in [4.78, 5) is 23.2. The van der Waals surface area contributed by atoms with Crippen molar-refractivity contribution in [3.63, 3.8) is 0 Å². The van der Waals surface area contributed by atoms with Crippen LogP contribution < -0.4 is 20.8 Å². The Kier molecular flexibility index (Phi) is 5.06. The third kappa shape index (κ3) is 3.30. The van der Waals surface area contributed by atoms with Gasteiger partial charge in [-0.15, -0.1) is 0 Å². The number of carboxylic acid groups (broad SMARTS) is 2. The molecule has 1 aliphatic rings. The summed E-state index contributed by atoms with van der Waals surface area (Å²) >= 11 is 0. The third-order valence-electron chi connectivity index (χ3n) is 5.59. The van der Waals surface area contributed by atoms with Crippen LogP contribution in [0.3, 0.4) is 0 Å². The van der Waals surface area contributed by atoms with Crippen molar-refractivity contribution in [2.24, 2.45) is 11.3 Å². The van der Waals surface area contributed by atoms with Gasteiger partial charge in [-0.25, -0.2) is 0 Å². The van der Waals surface area contributed by atoms with Crippen LogP contribution in [-0.2, 0) is 0 Å². The van der Waals surface area contributed by atoms with Crippen LogP contribution in [-0.4, -0.2) is 18.0 Å². The Balaban J connectivity index is 2.17. The Bertz CT molecular complexity index is 921. The summed E-state index contributed by atoms with van der Waals surface area (Å²) in [6.07, 6.45) is 0. The molecule has 1 aliphatic heterocycles. The zero-order chi connectivity index (χ0) is 20.6. The van der Waals surface area contributed by atoms with Crippen LogP contribution in [0, 0.1) is 11.3 Å². The molecular weight excluding hydrogens is 356 g/mol. The molecule has 2 N–H and O–H groups in total. The number of para-hydroxylation sites is 2. The molecule has 3 rings (SSSR count). The first-order chi connectivity index (χ1) is 13.1. The molecule has 2 atom stereocenters. The van der Waals surface area contributed by atoms with Crippen LogP contribution in [0.5, 0.6) is 0 Å². The lowest BCUT2D eigenvalue weighted by atomic mass is 9.67. The van der Waals surface area contributed by atoms with Gasteiger partial charge < -0.3 is 30.4 Å². The number of rotatable bonds is 5. The van der Waals surface area contributed by atoms with Crippen LogP contribution in [0.2, 0.25) is 0 Å². The van der Waals surface area contributed by atoms with E-state index in [1.807, 2.05) is 6.07 Å². The second-order valence-electron chi connectivity index (χ2n) is 8.16. The van der Waals surface area contributed by atoms with Crippen molar-refractivity contribution in [2.45, 2.75) is 39.8 Å². The Hall–Kier alpha value is -3.02. The molecule has 0 unspecified atom stereocenters. The quantitative estimate of drug-likeness (QED) is 0.823. The van der Waals surface area contributed by atoms with E-state index in [0.29, 0.717) is 11.4 Å². The first kappa shape index (κ1) is 19.7. The molecule has 2 aromatic carbocycles. The molecule has 0 fully saturated rings. The van der Waals surface area contributed by atoms with Gasteiger partial charge in [-0.2, -0.15) is 0 Å². The maximum Gasteiger partial charge on any atom is 0.0736 e. The number of anilines is 2. The molecule has 1 heterocycles. The van der Waals surface area contributed by atoms with E-state index in [0.717, 1.165) is 5.56 Å². The molecular formula is C22H24N2O4-2. The van der Waals surface area contributed by atoms with Gasteiger partial charge in [0.25, 0.3) is 0 Å². The topological polar surface area (TPSA) is 104 Å². The number of hydrogen-bond acceptors (Lipinski definition) is 6. The standard InChI is InChI=1S/C22H26N2O4/c1-12(2)18-22(3,4)19(23-16-11-6-5-8-13(16)20(25)26)14-9-7-10-15(21(27)28)17(14)24-18/h5-12,18-19,23-24H,1-4H3,(H,25,26)(H,27,28)/p-2/t18-,19+/m1/s1. The first-order valence-corrected chi connectivity index (χ1v) is 9.32. The lowest BCUT2D eigenvalue weighted by molar-refractivity contribution is -0.256. The molecule has 0 aliphatic carbocycles. The van der Waals surface area contributed by atoms with E-state index in [1.54, 1.807) is 24.3 Å². The number of fused-ring (bicyclic) bond motifs is 1. The fourth-order valence-corrected chi connectivity index (χ4v) is 4.30. The van der Waals surface area contributed by atoms with Gasteiger partial charge in [0.05, 0.1) is 18.0 Å². The van der Waals surface area contributed by atoms with Gasteiger partial charge in [0, 0.05) is 34.0 Å². The van der Waals surface area contributed by atoms with Crippen LogP contribution in [0.25, 0.3) is 0 Å². The summed E-state index contributed by atoms with van der Waals surface area (Å²) in [7, 11) is 0. The predicted octanol–water partition coefficient (Wildman–Crippen LogP) is 2.04. The molecule has 148 valence electrons. The number of carboxylic acids is 2. The van der Waals surface area contributed by atoms with Crippen LogP contribution >= 0.6 is 0 Å². The highest BCUT2D eigenvalue weighted by atomic mass is 16.4. The van der Waals surface area contributed by atoms with Gasteiger partial charge in [-0.1, -0.05) is 64.1 Å². The Morgan fingerprint density at radius 1 is 1.00 bits per heavy atom. The Morgan fingerprint density at radius 2 is 1.61 bits per heavy atom. The number of carbonyl (C=O) groups excluding carboxylic acids is 2.